The molecule has 0 radical (unpaired) electrons. The molecule has 1 N–H and O–H groups in total. The summed E-state index contributed by atoms with van der Waals surface area (Å²) in [6, 6.07) is 10.7. The van der Waals surface area contributed by atoms with Crippen molar-refractivity contribution in [2.24, 2.45) is 0 Å². The molecule has 0 bridgehead atoms. The normalized spacial score (nSPS) is 12.9. The summed E-state index contributed by atoms with van der Waals surface area (Å²) < 4.78 is 63.9. The maximum Gasteiger partial charge on any atom is 0.433 e. The maximum atomic E-state index is 13.9. The number of carbonyl (C=O) groups is 1. The standard InChI is InChI=1S/C25H21F3N4O5/c1-34-18-6-4-15(10-20(18)35-2)17-11-22(25(26,27)28)32-23(31-17)16(13-30-32)24(33)29-12-14-3-5-19-21(9-14)37-8-7-36-19/h3-6,9-11,13H,7-8,12H2,1-2H3,(H,29,33). The minimum atomic E-state index is -4.75. The molecule has 12 heteroatoms. The quantitative estimate of drug-likeness (QED) is 0.413. The highest BCUT2D eigenvalue weighted by molar-refractivity contribution is 5.99. The molecule has 0 spiro atoms. The molecule has 0 aliphatic carbocycles. The molecule has 0 fully saturated rings. The first-order chi connectivity index (χ1) is 17.8. The van der Waals surface area contributed by atoms with E-state index < -0.39 is 17.8 Å². The average Bonchev–Trinajstić information content (AvgIpc) is 3.34. The Labute approximate surface area is 208 Å². The molecule has 1 aliphatic heterocycles. The van der Waals surface area contributed by atoms with Gasteiger partial charge in [-0.3, -0.25) is 4.79 Å². The number of amides is 1. The number of alkyl halides is 3. The summed E-state index contributed by atoms with van der Waals surface area (Å²) in [4.78, 5) is 17.3. The summed E-state index contributed by atoms with van der Waals surface area (Å²) in [6.45, 7) is 0.977. The number of methoxy groups -OCH3 is 2. The third kappa shape index (κ3) is 4.69. The third-order valence-electron chi connectivity index (χ3n) is 5.75. The van der Waals surface area contributed by atoms with Gasteiger partial charge in [-0.2, -0.15) is 18.3 Å². The van der Waals surface area contributed by atoms with Crippen LogP contribution in [0.5, 0.6) is 23.0 Å². The van der Waals surface area contributed by atoms with Crippen LogP contribution in [0.1, 0.15) is 21.6 Å². The van der Waals surface area contributed by atoms with Gasteiger partial charge in [-0.1, -0.05) is 6.07 Å². The molecule has 2 aromatic carbocycles. The minimum Gasteiger partial charge on any atom is -0.493 e. The number of halogens is 3. The molecule has 0 saturated heterocycles. The fraction of sp³-hybridized carbons (Fsp3) is 0.240. The first kappa shape index (κ1) is 24.2. The van der Waals surface area contributed by atoms with E-state index in [1.807, 2.05) is 0 Å². The molecule has 4 aromatic rings. The van der Waals surface area contributed by atoms with Gasteiger partial charge in [0.25, 0.3) is 5.91 Å². The zero-order valence-corrected chi connectivity index (χ0v) is 19.8. The van der Waals surface area contributed by atoms with E-state index in [-0.39, 0.29) is 23.4 Å². The second kappa shape index (κ2) is 9.52. The summed E-state index contributed by atoms with van der Waals surface area (Å²) >= 11 is 0. The van der Waals surface area contributed by atoms with Crippen molar-refractivity contribution in [2.75, 3.05) is 27.4 Å². The van der Waals surface area contributed by atoms with Crippen molar-refractivity contribution in [3.8, 4) is 34.3 Å². The Morgan fingerprint density at radius 1 is 1.03 bits per heavy atom. The van der Waals surface area contributed by atoms with Crippen molar-refractivity contribution in [3.05, 3.63) is 65.5 Å². The van der Waals surface area contributed by atoms with Gasteiger partial charge in [0.05, 0.1) is 26.1 Å². The van der Waals surface area contributed by atoms with E-state index in [9.17, 15) is 18.0 Å². The molecule has 9 nitrogen and oxygen atoms in total. The Balaban J connectivity index is 1.49. The number of carbonyl (C=O) groups excluding carboxylic acids is 1. The number of hydrogen-bond donors (Lipinski definition) is 1. The Kier molecular flexibility index (Phi) is 6.24. The van der Waals surface area contributed by atoms with Gasteiger partial charge in [0.15, 0.2) is 34.3 Å². The van der Waals surface area contributed by atoms with Crippen molar-refractivity contribution in [1.29, 1.82) is 0 Å². The van der Waals surface area contributed by atoms with Gasteiger partial charge in [-0.15, -0.1) is 0 Å². The van der Waals surface area contributed by atoms with Gasteiger partial charge in [-0.05, 0) is 42.0 Å². The van der Waals surface area contributed by atoms with Crippen LogP contribution in [-0.4, -0.2) is 47.9 Å². The third-order valence-corrected chi connectivity index (χ3v) is 5.75. The molecular weight excluding hydrogens is 493 g/mol. The topological polar surface area (TPSA) is 96.2 Å². The van der Waals surface area contributed by atoms with E-state index >= 15 is 0 Å². The largest absolute Gasteiger partial charge is 0.493 e. The highest BCUT2D eigenvalue weighted by atomic mass is 19.4. The smallest absolute Gasteiger partial charge is 0.433 e. The molecule has 37 heavy (non-hydrogen) atoms. The Morgan fingerprint density at radius 3 is 2.51 bits per heavy atom. The van der Waals surface area contributed by atoms with Gasteiger partial charge in [0.1, 0.15) is 18.8 Å². The summed E-state index contributed by atoms with van der Waals surface area (Å²) in [7, 11) is 2.87. The lowest BCUT2D eigenvalue weighted by atomic mass is 10.1. The molecule has 192 valence electrons. The highest BCUT2D eigenvalue weighted by Crippen LogP contribution is 2.36. The van der Waals surface area contributed by atoms with Crippen molar-refractivity contribution < 1.29 is 36.9 Å². The second-order valence-corrected chi connectivity index (χ2v) is 8.05. The van der Waals surface area contributed by atoms with Gasteiger partial charge >= 0.3 is 6.18 Å². The molecule has 0 atom stereocenters. The first-order valence-electron chi connectivity index (χ1n) is 11.1. The SMILES string of the molecule is COc1ccc(-c2cc(C(F)(F)F)n3ncc(C(=O)NCc4ccc5c(c4)OCCO5)c3n2)cc1OC. The van der Waals surface area contributed by atoms with Crippen LogP contribution in [0.25, 0.3) is 16.9 Å². The summed E-state index contributed by atoms with van der Waals surface area (Å²) in [5.74, 6) is 1.27. The van der Waals surface area contributed by atoms with Crippen LogP contribution in [0.3, 0.4) is 0 Å². The molecule has 1 amide bonds. The summed E-state index contributed by atoms with van der Waals surface area (Å²) in [6.07, 6.45) is -3.69. The molecule has 0 saturated carbocycles. The molecular formula is C25H21F3N4O5. The van der Waals surface area contributed by atoms with Crippen molar-refractivity contribution >= 4 is 11.6 Å². The number of ether oxygens (including phenoxy) is 4. The van der Waals surface area contributed by atoms with Crippen LogP contribution >= 0.6 is 0 Å². The minimum absolute atomic E-state index is 0.0119. The molecule has 5 rings (SSSR count). The first-order valence-corrected chi connectivity index (χ1v) is 11.1. The van der Waals surface area contributed by atoms with Gasteiger partial charge in [-0.25, -0.2) is 9.50 Å². The molecule has 3 heterocycles. The van der Waals surface area contributed by atoms with E-state index in [0.717, 1.165) is 17.8 Å². The number of nitrogens with zero attached hydrogens (tertiary/aromatic N) is 3. The van der Waals surface area contributed by atoms with Crippen LogP contribution in [-0.2, 0) is 12.7 Å². The summed E-state index contributed by atoms with van der Waals surface area (Å²) in [5, 5.41) is 6.51. The van der Waals surface area contributed by atoms with Crippen LogP contribution in [0, 0.1) is 0 Å². The number of fused-ring (bicyclic) bond motifs is 2. The lowest BCUT2D eigenvalue weighted by Crippen LogP contribution is -2.23. The molecule has 2 aromatic heterocycles. The van der Waals surface area contributed by atoms with Crippen molar-refractivity contribution in [2.45, 2.75) is 12.7 Å². The van der Waals surface area contributed by atoms with Gasteiger partial charge in [0.2, 0.25) is 0 Å². The second-order valence-electron chi connectivity index (χ2n) is 8.05. The number of aromatic nitrogens is 3. The van der Waals surface area contributed by atoms with Crippen LogP contribution in [0.2, 0.25) is 0 Å². The lowest BCUT2D eigenvalue weighted by molar-refractivity contribution is -0.142. The Bertz CT molecular complexity index is 1490. The fourth-order valence-corrected chi connectivity index (χ4v) is 3.94. The van der Waals surface area contributed by atoms with E-state index in [1.165, 1.54) is 20.3 Å². The average molecular weight is 514 g/mol. The predicted octanol–water partition coefficient (Wildman–Crippen LogP) is 4.13. The predicted molar refractivity (Wildman–Crippen MR) is 125 cm³/mol. The number of hydrogen-bond acceptors (Lipinski definition) is 7. The maximum absolute atomic E-state index is 13.9. The zero-order chi connectivity index (χ0) is 26.2. The highest BCUT2D eigenvalue weighted by Gasteiger charge is 2.36. The number of benzene rings is 2. The number of nitrogens with one attached hydrogen (secondary N) is 1. The molecule has 0 unspecified atom stereocenters. The Hall–Kier alpha value is -4.48. The number of rotatable bonds is 6. The van der Waals surface area contributed by atoms with Crippen molar-refractivity contribution in [1.82, 2.24) is 19.9 Å². The van der Waals surface area contributed by atoms with Crippen LogP contribution < -0.4 is 24.3 Å². The monoisotopic (exact) mass is 514 g/mol. The van der Waals surface area contributed by atoms with Gasteiger partial charge < -0.3 is 24.3 Å². The molecule has 1 aliphatic rings. The Morgan fingerprint density at radius 2 is 1.78 bits per heavy atom. The fourth-order valence-electron chi connectivity index (χ4n) is 3.94. The van der Waals surface area contributed by atoms with E-state index in [4.69, 9.17) is 18.9 Å². The van der Waals surface area contributed by atoms with Crippen molar-refractivity contribution in [3.63, 3.8) is 0 Å². The zero-order valence-electron chi connectivity index (χ0n) is 19.8. The van der Waals surface area contributed by atoms with Crippen LogP contribution in [0.15, 0.2) is 48.7 Å². The van der Waals surface area contributed by atoms with E-state index in [1.54, 1.807) is 30.3 Å². The van der Waals surface area contributed by atoms with E-state index in [2.05, 4.69) is 15.4 Å². The van der Waals surface area contributed by atoms with Gasteiger partial charge in [0, 0.05) is 12.1 Å². The van der Waals surface area contributed by atoms with E-state index in [0.29, 0.717) is 46.3 Å². The van der Waals surface area contributed by atoms with Crippen LogP contribution in [0.4, 0.5) is 13.2 Å². The lowest BCUT2D eigenvalue weighted by Gasteiger charge is -2.18. The summed E-state index contributed by atoms with van der Waals surface area (Å²) in [5.41, 5.74) is -0.362.